The number of nitrogens with one attached hydrogen (secondary N) is 2. The maximum absolute atomic E-state index is 12.8. The number of alkyl halides is 3. The summed E-state index contributed by atoms with van der Waals surface area (Å²) in [5.41, 5.74) is 0.748. The molecule has 0 aliphatic rings. The zero-order valence-electron chi connectivity index (χ0n) is 15.3. The first kappa shape index (κ1) is 21.4. The van der Waals surface area contributed by atoms with Crippen molar-refractivity contribution in [2.24, 2.45) is 0 Å². The quantitative estimate of drug-likeness (QED) is 0.463. The van der Waals surface area contributed by atoms with Crippen LogP contribution in [0.25, 0.3) is 10.6 Å². The summed E-state index contributed by atoms with van der Waals surface area (Å²) >= 11 is 1.27. The van der Waals surface area contributed by atoms with Crippen molar-refractivity contribution in [2.45, 2.75) is 12.6 Å². The molecule has 3 aromatic rings. The van der Waals surface area contributed by atoms with Crippen molar-refractivity contribution < 1.29 is 27.2 Å². The van der Waals surface area contributed by atoms with Crippen molar-refractivity contribution in [3.8, 4) is 10.6 Å². The summed E-state index contributed by atoms with van der Waals surface area (Å²) in [6, 6.07) is 9.68. The molecule has 0 aliphatic heterocycles. The monoisotopic (exact) mass is 437 g/mol. The maximum atomic E-state index is 12.8. The fourth-order valence-corrected chi connectivity index (χ4v) is 3.32. The number of halogens is 4. The molecular weight excluding hydrogens is 422 g/mol. The van der Waals surface area contributed by atoms with Crippen LogP contribution in [-0.4, -0.2) is 23.3 Å². The van der Waals surface area contributed by atoms with Crippen LogP contribution in [0.1, 0.15) is 11.3 Å². The molecule has 0 radical (unpaired) electrons. The lowest BCUT2D eigenvalue weighted by molar-refractivity contribution is -0.137. The lowest BCUT2D eigenvalue weighted by atomic mass is 10.1. The lowest BCUT2D eigenvalue weighted by Crippen LogP contribution is -2.36. The van der Waals surface area contributed by atoms with Gasteiger partial charge >= 0.3 is 18.0 Å². The molecule has 0 unspecified atom stereocenters. The van der Waals surface area contributed by atoms with E-state index < -0.39 is 29.4 Å². The zero-order chi connectivity index (χ0) is 21.7. The highest BCUT2D eigenvalue weighted by Crippen LogP contribution is 2.31. The van der Waals surface area contributed by atoms with Gasteiger partial charge in [-0.05, 0) is 36.4 Å². The van der Waals surface area contributed by atoms with E-state index in [0.29, 0.717) is 22.7 Å². The first-order chi connectivity index (χ1) is 14.2. The van der Waals surface area contributed by atoms with E-state index in [1.165, 1.54) is 35.6 Å². The Kier molecular flexibility index (Phi) is 6.46. The van der Waals surface area contributed by atoms with E-state index in [1.807, 2.05) is 0 Å². The largest absolute Gasteiger partial charge is 0.416 e. The van der Waals surface area contributed by atoms with Gasteiger partial charge in [0.2, 0.25) is 0 Å². The van der Waals surface area contributed by atoms with Crippen molar-refractivity contribution in [1.82, 2.24) is 10.3 Å². The molecular formula is C20H15F4N3O2S. The van der Waals surface area contributed by atoms with E-state index in [1.54, 1.807) is 5.38 Å². The molecule has 0 spiro atoms. The number of hydrogen-bond acceptors (Lipinski definition) is 4. The third-order valence-electron chi connectivity index (χ3n) is 3.99. The molecule has 2 N–H and O–H groups in total. The summed E-state index contributed by atoms with van der Waals surface area (Å²) in [4.78, 5) is 28.0. The van der Waals surface area contributed by atoms with Gasteiger partial charge in [0.15, 0.2) is 0 Å². The maximum Gasteiger partial charge on any atom is 0.416 e. The predicted molar refractivity (Wildman–Crippen MR) is 104 cm³/mol. The second kappa shape index (κ2) is 9.04. The first-order valence-electron chi connectivity index (χ1n) is 8.69. The number of aromatic nitrogens is 1. The van der Waals surface area contributed by atoms with Gasteiger partial charge in [0, 0.05) is 29.6 Å². The minimum atomic E-state index is -4.40. The van der Waals surface area contributed by atoms with Crippen LogP contribution in [0.4, 0.5) is 23.2 Å². The van der Waals surface area contributed by atoms with Gasteiger partial charge in [-0.25, -0.2) is 9.37 Å². The molecule has 1 aromatic heterocycles. The molecule has 156 valence electrons. The van der Waals surface area contributed by atoms with Gasteiger partial charge in [-0.1, -0.05) is 12.1 Å². The highest BCUT2D eigenvalue weighted by Gasteiger charge is 2.30. The van der Waals surface area contributed by atoms with Crippen LogP contribution in [0.2, 0.25) is 0 Å². The molecule has 2 amide bonds. The number of benzene rings is 2. The third kappa shape index (κ3) is 5.63. The summed E-state index contributed by atoms with van der Waals surface area (Å²) in [7, 11) is 0. The molecule has 0 saturated carbocycles. The van der Waals surface area contributed by atoms with Crippen molar-refractivity contribution in [2.75, 3.05) is 11.9 Å². The van der Waals surface area contributed by atoms with Gasteiger partial charge in [0.25, 0.3) is 0 Å². The molecule has 30 heavy (non-hydrogen) atoms. The molecule has 3 rings (SSSR count). The minimum Gasteiger partial charge on any atom is -0.347 e. The highest BCUT2D eigenvalue weighted by atomic mass is 32.1. The Balaban J connectivity index is 1.50. The summed E-state index contributed by atoms with van der Waals surface area (Å²) in [6.45, 7) is 0.145. The number of carbonyl (C=O) groups is 2. The molecule has 2 aromatic carbocycles. The Morgan fingerprint density at radius 1 is 0.967 bits per heavy atom. The molecule has 0 atom stereocenters. The third-order valence-corrected chi connectivity index (χ3v) is 4.93. The van der Waals surface area contributed by atoms with Crippen LogP contribution in [0.5, 0.6) is 0 Å². The van der Waals surface area contributed by atoms with Crippen molar-refractivity contribution >= 4 is 28.8 Å². The second-order valence-corrected chi connectivity index (χ2v) is 7.04. The Labute approximate surface area is 172 Å². The molecule has 5 nitrogen and oxygen atoms in total. The Morgan fingerprint density at radius 3 is 2.27 bits per heavy atom. The van der Waals surface area contributed by atoms with Gasteiger partial charge in [-0.3, -0.25) is 9.59 Å². The summed E-state index contributed by atoms with van der Waals surface area (Å²) < 4.78 is 50.7. The smallest absolute Gasteiger partial charge is 0.347 e. The molecule has 1 heterocycles. The van der Waals surface area contributed by atoms with Crippen molar-refractivity contribution in [1.29, 1.82) is 0 Å². The zero-order valence-corrected chi connectivity index (χ0v) is 16.1. The standard InChI is InChI=1S/C20H15F4N3O2S/c21-14-5-7-15(8-6-14)26-18(29)17(28)25-10-9-16-11-30-19(27-16)12-1-3-13(4-2-12)20(22,23)24/h1-8,11H,9-10H2,(H,25,28)(H,26,29). The van der Waals surface area contributed by atoms with Crippen LogP contribution < -0.4 is 10.6 Å². The number of rotatable bonds is 5. The van der Waals surface area contributed by atoms with Gasteiger partial charge < -0.3 is 10.6 Å². The summed E-state index contributed by atoms with van der Waals surface area (Å²) in [6.07, 6.45) is -4.06. The fraction of sp³-hybridized carbons (Fsp3) is 0.150. The van der Waals surface area contributed by atoms with E-state index >= 15 is 0 Å². The van der Waals surface area contributed by atoms with Gasteiger partial charge in [-0.15, -0.1) is 11.3 Å². The number of nitrogens with zero attached hydrogens (tertiary/aromatic N) is 1. The summed E-state index contributed by atoms with van der Waals surface area (Å²) in [5.74, 6) is -2.20. The van der Waals surface area contributed by atoms with E-state index in [-0.39, 0.29) is 12.2 Å². The van der Waals surface area contributed by atoms with E-state index in [2.05, 4.69) is 15.6 Å². The van der Waals surface area contributed by atoms with Gasteiger partial charge in [-0.2, -0.15) is 13.2 Å². The van der Waals surface area contributed by atoms with Crippen LogP contribution in [-0.2, 0) is 22.2 Å². The van der Waals surface area contributed by atoms with E-state index in [9.17, 15) is 27.2 Å². The van der Waals surface area contributed by atoms with Gasteiger partial charge in [0.1, 0.15) is 10.8 Å². The van der Waals surface area contributed by atoms with E-state index in [0.717, 1.165) is 24.3 Å². The number of carbonyl (C=O) groups excluding carboxylic acids is 2. The molecule has 10 heteroatoms. The summed E-state index contributed by atoms with van der Waals surface area (Å²) in [5, 5.41) is 7.09. The molecule has 0 aliphatic carbocycles. The fourth-order valence-electron chi connectivity index (χ4n) is 2.46. The molecule has 0 fully saturated rings. The average molecular weight is 437 g/mol. The number of hydrogen-bond donors (Lipinski definition) is 2. The first-order valence-corrected chi connectivity index (χ1v) is 9.57. The number of anilines is 1. The number of thiazole rings is 1. The van der Waals surface area contributed by atoms with E-state index in [4.69, 9.17) is 0 Å². The Bertz CT molecular complexity index is 1030. The molecule has 0 bridgehead atoms. The average Bonchev–Trinajstić information content (AvgIpc) is 3.18. The van der Waals surface area contributed by atoms with Crippen molar-refractivity contribution in [3.05, 3.63) is 71.0 Å². The Morgan fingerprint density at radius 2 is 1.63 bits per heavy atom. The normalized spacial score (nSPS) is 11.2. The SMILES string of the molecule is O=C(NCCc1csc(-c2ccc(C(F)(F)F)cc2)n1)C(=O)Nc1ccc(F)cc1. The topological polar surface area (TPSA) is 71.1 Å². The van der Waals surface area contributed by atoms with Gasteiger partial charge in [0.05, 0.1) is 11.3 Å². The lowest BCUT2D eigenvalue weighted by Gasteiger charge is -2.06. The number of amides is 2. The van der Waals surface area contributed by atoms with Crippen molar-refractivity contribution in [3.63, 3.8) is 0 Å². The second-order valence-electron chi connectivity index (χ2n) is 6.19. The Hall–Kier alpha value is -3.27. The highest BCUT2D eigenvalue weighted by molar-refractivity contribution is 7.13. The van der Waals surface area contributed by atoms with Crippen LogP contribution in [0.15, 0.2) is 53.9 Å². The minimum absolute atomic E-state index is 0.145. The van der Waals surface area contributed by atoms with Crippen LogP contribution in [0.3, 0.4) is 0 Å². The molecule has 0 saturated heterocycles. The van der Waals surface area contributed by atoms with Crippen LogP contribution >= 0.6 is 11.3 Å². The van der Waals surface area contributed by atoms with Crippen LogP contribution in [0, 0.1) is 5.82 Å². The predicted octanol–water partition coefficient (Wildman–Crippen LogP) is 4.27.